The van der Waals surface area contributed by atoms with Crippen LogP contribution in [0.25, 0.3) is 0 Å². The van der Waals surface area contributed by atoms with Gasteiger partial charge in [-0.25, -0.2) is 4.39 Å². The number of carbonyl (C=O) groups is 1. The van der Waals surface area contributed by atoms with Crippen LogP contribution in [0.15, 0.2) is 41.0 Å². The maximum absolute atomic E-state index is 13.5. The molecular formula is C14H16FN3O. The third-order valence-electron chi connectivity index (χ3n) is 3.10. The van der Waals surface area contributed by atoms with E-state index in [-0.39, 0.29) is 24.2 Å². The minimum Gasteiger partial charge on any atom is -0.404 e. The summed E-state index contributed by atoms with van der Waals surface area (Å²) in [6.07, 6.45) is 1.26. The van der Waals surface area contributed by atoms with Crippen LogP contribution >= 0.6 is 0 Å². The fraction of sp³-hybridized carbons (Fsp3) is 0.286. The lowest BCUT2D eigenvalue weighted by atomic mass is 9.94. The molecule has 1 atom stereocenters. The van der Waals surface area contributed by atoms with E-state index >= 15 is 0 Å². The van der Waals surface area contributed by atoms with E-state index in [9.17, 15) is 9.18 Å². The maximum atomic E-state index is 13.5. The summed E-state index contributed by atoms with van der Waals surface area (Å²) in [5, 5.41) is 2.73. The Kier molecular flexibility index (Phi) is 3.94. The standard InChI is InChI=1S/C14H16FN3O/c1-9-7-18-14(19)11(6-16)13(9)17-8-10-4-2-3-5-12(10)15/h2-6,9H,7-8,16H2,1H3,(H,18,19)/b11-6+,17-13?. The van der Waals surface area contributed by atoms with E-state index in [0.29, 0.717) is 23.4 Å². The van der Waals surface area contributed by atoms with Gasteiger partial charge in [0.1, 0.15) is 5.82 Å². The number of hydrogen-bond donors (Lipinski definition) is 2. The molecule has 100 valence electrons. The monoisotopic (exact) mass is 261 g/mol. The average Bonchev–Trinajstić information content (AvgIpc) is 2.41. The number of aliphatic imine (C=N–C) groups is 1. The third kappa shape index (κ3) is 2.81. The van der Waals surface area contributed by atoms with Gasteiger partial charge in [0.2, 0.25) is 0 Å². The second-order valence-corrected chi connectivity index (χ2v) is 4.48. The van der Waals surface area contributed by atoms with Crippen LogP contribution in [0.2, 0.25) is 0 Å². The Hall–Kier alpha value is -2.17. The highest BCUT2D eigenvalue weighted by Gasteiger charge is 2.26. The van der Waals surface area contributed by atoms with Crippen LogP contribution < -0.4 is 11.1 Å². The molecule has 0 aliphatic carbocycles. The van der Waals surface area contributed by atoms with Crippen LogP contribution in [0, 0.1) is 11.7 Å². The molecular weight excluding hydrogens is 245 g/mol. The predicted octanol–water partition coefficient (Wildman–Crippen LogP) is 1.38. The van der Waals surface area contributed by atoms with Gasteiger partial charge in [-0.15, -0.1) is 0 Å². The van der Waals surface area contributed by atoms with Gasteiger partial charge in [-0.3, -0.25) is 9.79 Å². The molecule has 3 N–H and O–H groups in total. The van der Waals surface area contributed by atoms with Gasteiger partial charge >= 0.3 is 0 Å². The molecule has 0 spiro atoms. The lowest BCUT2D eigenvalue weighted by Crippen LogP contribution is -2.42. The number of nitrogens with one attached hydrogen (secondary N) is 1. The van der Waals surface area contributed by atoms with E-state index in [4.69, 9.17) is 5.73 Å². The van der Waals surface area contributed by atoms with Gasteiger partial charge < -0.3 is 11.1 Å². The molecule has 0 radical (unpaired) electrons. The largest absolute Gasteiger partial charge is 0.404 e. The summed E-state index contributed by atoms with van der Waals surface area (Å²) in [5.41, 5.74) is 6.98. The van der Waals surface area contributed by atoms with E-state index in [1.54, 1.807) is 18.2 Å². The number of hydrogen-bond acceptors (Lipinski definition) is 3. The minimum atomic E-state index is -0.293. The fourth-order valence-corrected chi connectivity index (χ4v) is 2.02. The SMILES string of the molecule is CC1CNC(=O)/C(=C/N)C1=NCc1ccccc1F. The van der Waals surface area contributed by atoms with Crippen molar-refractivity contribution in [1.82, 2.24) is 5.32 Å². The first kappa shape index (κ1) is 13.3. The lowest BCUT2D eigenvalue weighted by Gasteiger charge is -2.23. The van der Waals surface area contributed by atoms with Crippen molar-refractivity contribution in [3.63, 3.8) is 0 Å². The van der Waals surface area contributed by atoms with Gasteiger partial charge in [-0.1, -0.05) is 25.1 Å². The molecule has 0 saturated carbocycles. The number of rotatable bonds is 2. The van der Waals surface area contributed by atoms with Crippen molar-refractivity contribution in [2.24, 2.45) is 16.6 Å². The topological polar surface area (TPSA) is 67.5 Å². The number of piperidine rings is 1. The summed E-state index contributed by atoms with van der Waals surface area (Å²) in [6.45, 7) is 2.67. The molecule has 19 heavy (non-hydrogen) atoms. The molecule has 1 fully saturated rings. The molecule has 1 aromatic rings. The molecule has 1 aromatic carbocycles. The second kappa shape index (κ2) is 5.65. The van der Waals surface area contributed by atoms with E-state index in [1.165, 1.54) is 12.3 Å². The zero-order chi connectivity index (χ0) is 13.8. The summed E-state index contributed by atoms with van der Waals surface area (Å²) < 4.78 is 13.5. The molecule has 1 unspecified atom stereocenters. The maximum Gasteiger partial charge on any atom is 0.254 e. The molecule has 1 saturated heterocycles. The van der Waals surface area contributed by atoms with Crippen LogP contribution in [0.4, 0.5) is 4.39 Å². The Labute approximate surface area is 111 Å². The summed E-state index contributed by atoms with van der Waals surface area (Å²) in [4.78, 5) is 16.0. The van der Waals surface area contributed by atoms with Crippen LogP contribution in [-0.4, -0.2) is 18.2 Å². The number of benzene rings is 1. The Balaban J connectivity index is 2.26. The molecule has 1 aliphatic rings. The van der Waals surface area contributed by atoms with Crippen molar-refractivity contribution in [1.29, 1.82) is 0 Å². The van der Waals surface area contributed by atoms with Gasteiger partial charge in [-0.2, -0.15) is 0 Å². The Bertz CT molecular complexity index is 551. The second-order valence-electron chi connectivity index (χ2n) is 4.48. The average molecular weight is 261 g/mol. The van der Waals surface area contributed by atoms with E-state index in [0.717, 1.165) is 0 Å². The van der Waals surface area contributed by atoms with Crippen LogP contribution in [0.3, 0.4) is 0 Å². The number of nitrogens with zero attached hydrogens (tertiary/aromatic N) is 1. The summed E-state index contributed by atoms with van der Waals surface area (Å²) in [7, 11) is 0. The van der Waals surface area contributed by atoms with Gasteiger partial charge in [0.15, 0.2) is 0 Å². The molecule has 4 nitrogen and oxygen atoms in total. The van der Waals surface area contributed by atoms with E-state index in [2.05, 4.69) is 10.3 Å². The molecule has 0 aromatic heterocycles. The van der Waals surface area contributed by atoms with Crippen LogP contribution in [-0.2, 0) is 11.3 Å². The van der Waals surface area contributed by atoms with E-state index < -0.39 is 0 Å². The summed E-state index contributed by atoms with van der Waals surface area (Å²) in [5.74, 6) is -0.454. The number of amides is 1. The van der Waals surface area contributed by atoms with Crippen molar-refractivity contribution in [2.45, 2.75) is 13.5 Å². The number of carbonyl (C=O) groups excluding carboxylic acids is 1. The molecule has 2 rings (SSSR count). The quantitative estimate of drug-likeness (QED) is 0.790. The first-order valence-electron chi connectivity index (χ1n) is 6.11. The van der Waals surface area contributed by atoms with Crippen molar-refractivity contribution in [3.8, 4) is 0 Å². The minimum absolute atomic E-state index is 0.0688. The third-order valence-corrected chi connectivity index (χ3v) is 3.10. The zero-order valence-electron chi connectivity index (χ0n) is 10.7. The predicted molar refractivity (Wildman–Crippen MR) is 72.0 cm³/mol. The summed E-state index contributed by atoms with van der Waals surface area (Å²) in [6, 6.07) is 6.47. The highest BCUT2D eigenvalue weighted by Crippen LogP contribution is 2.15. The first-order chi connectivity index (χ1) is 9.13. The summed E-state index contributed by atoms with van der Waals surface area (Å²) >= 11 is 0. The molecule has 1 amide bonds. The molecule has 0 bridgehead atoms. The fourth-order valence-electron chi connectivity index (χ4n) is 2.02. The zero-order valence-corrected chi connectivity index (χ0v) is 10.7. The van der Waals surface area contributed by atoms with Crippen molar-refractivity contribution in [2.75, 3.05) is 6.54 Å². The van der Waals surface area contributed by atoms with Crippen LogP contribution in [0.5, 0.6) is 0 Å². The van der Waals surface area contributed by atoms with Gasteiger partial charge in [0.25, 0.3) is 5.91 Å². The highest BCUT2D eigenvalue weighted by atomic mass is 19.1. The molecule has 1 aliphatic heterocycles. The van der Waals surface area contributed by atoms with Crippen molar-refractivity contribution >= 4 is 11.6 Å². The highest BCUT2D eigenvalue weighted by molar-refractivity contribution is 6.23. The first-order valence-corrected chi connectivity index (χ1v) is 6.11. The normalized spacial score (nSPS) is 23.7. The van der Waals surface area contributed by atoms with Gasteiger partial charge in [-0.05, 0) is 6.07 Å². The lowest BCUT2D eigenvalue weighted by molar-refractivity contribution is -0.117. The Morgan fingerprint density at radius 2 is 2.26 bits per heavy atom. The van der Waals surface area contributed by atoms with Gasteiger partial charge in [0.05, 0.1) is 17.8 Å². The number of nitrogens with two attached hydrogens (primary N) is 1. The smallest absolute Gasteiger partial charge is 0.254 e. The Morgan fingerprint density at radius 3 is 2.95 bits per heavy atom. The van der Waals surface area contributed by atoms with Crippen molar-refractivity contribution in [3.05, 3.63) is 47.4 Å². The van der Waals surface area contributed by atoms with Crippen molar-refractivity contribution < 1.29 is 9.18 Å². The molecule has 1 heterocycles. The molecule has 5 heteroatoms. The van der Waals surface area contributed by atoms with E-state index in [1.807, 2.05) is 6.92 Å². The Morgan fingerprint density at radius 1 is 1.53 bits per heavy atom. The van der Waals surface area contributed by atoms with Gasteiger partial charge in [0, 0.05) is 24.2 Å². The van der Waals surface area contributed by atoms with Crippen LogP contribution in [0.1, 0.15) is 12.5 Å². The number of halogens is 1.